The van der Waals surface area contributed by atoms with Crippen molar-refractivity contribution in [3.63, 3.8) is 0 Å². The molecule has 6 heteroatoms. The van der Waals surface area contributed by atoms with Crippen molar-refractivity contribution in [2.45, 2.75) is 13.0 Å². The average Bonchev–Trinajstić information content (AvgIpc) is 3.16. The molecule has 124 valence electrons. The summed E-state index contributed by atoms with van der Waals surface area (Å²) in [6, 6.07) is 3.53. The molecule has 2 atom stereocenters. The first-order chi connectivity index (χ1) is 11.5. The molecule has 1 N–H and O–H groups in total. The van der Waals surface area contributed by atoms with Gasteiger partial charge in [-0.05, 0) is 41.1 Å². The molecule has 3 rings (SSSR count). The summed E-state index contributed by atoms with van der Waals surface area (Å²) in [5.41, 5.74) is 1.79. The van der Waals surface area contributed by atoms with Gasteiger partial charge in [0.1, 0.15) is 5.76 Å². The molecule has 0 radical (unpaired) electrons. The Morgan fingerprint density at radius 3 is 3.00 bits per heavy atom. The Labute approximate surface area is 147 Å². The number of carbonyl (C=O) groups is 2. The van der Waals surface area contributed by atoms with Gasteiger partial charge in [0.2, 0.25) is 0 Å². The fraction of sp³-hybridized carbons (Fsp3) is 0.222. The number of ether oxygens (including phenoxy) is 1. The second-order valence-corrected chi connectivity index (χ2v) is 6.38. The molecule has 1 aromatic heterocycles. The lowest BCUT2D eigenvalue weighted by Crippen LogP contribution is -2.28. The summed E-state index contributed by atoms with van der Waals surface area (Å²) in [5, 5.41) is 3.17. The van der Waals surface area contributed by atoms with Crippen molar-refractivity contribution in [2.75, 3.05) is 6.61 Å². The molecule has 2 unspecified atom stereocenters. The van der Waals surface area contributed by atoms with Crippen LogP contribution in [0, 0.1) is 5.92 Å². The highest BCUT2D eigenvalue weighted by Gasteiger charge is 2.31. The lowest BCUT2D eigenvalue weighted by Gasteiger charge is -2.20. The van der Waals surface area contributed by atoms with Crippen LogP contribution in [0.3, 0.4) is 0 Å². The molecule has 0 aromatic carbocycles. The van der Waals surface area contributed by atoms with Crippen molar-refractivity contribution in [2.24, 2.45) is 5.92 Å². The molecular formula is C18H16BrNO4. The van der Waals surface area contributed by atoms with E-state index in [1.807, 2.05) is 19.1 Å². The van der Waals surface area contributed by atoms with Crippen molar-refractivity contribution in [3.8, 4) is 0 Å². The maximum atomic E-state index is 12.3. The van der Waals surface area contributed by atoms with E-state index < -0.39 is 5.97 Å². The number of fused-ring (bicyclic) bond motifs is 1. The number of nitrogens with one attached hydrogen (secondary N) is 1. The van der Waals surface area contributed by atoms with Crippen molar-refractivity contribution >= 4 is 33.8 Å². The normalized spacial score (nSPS) is 21.9. The maximum Gasteiger partial charge on any atom is 0.331 e. The van der Waals surface area contributed by atoms with Gasteiger partial charge in [0.25, 0.3) is 0 Å². The van der Waals surface area contributed by atoms with Crippen LogP contribution in [0.4, 0.5) is 0 Å². The van der Waals surface area contributed by atoms with Crippen LogP contribution in [0.2, 0.25) is 0 Å². The first-order valence-corrected chi connectivity index (χ1v) is 8.28. The molecule has 2 heterocycles. The molecule has 5 nitrogen and oxygen atoms in total. The molecule has 2 aliphatic rings. The number of hydrogen-bond donors (Lipinski definition) is 1. The number of rotatable bonds is 5. The van der Waals surface area contributed by atoms with Gasteiger partial charge in [-0.2, -0.15) is 0 Å². The third-order valence-corrected chi connectivity index (χ3v) is 4.26. The van der Waals surface area contributed by atoms with E-state index in [0.29, 0.717) is 16.0 Å². The number of esters is 1. The number of ketones is 1. The number of hydrogen-bond acceptors (Lipinski definition) is 5. The van der Waals surface area contributed by atoms with Crippen LogP contribution in [0.5, 0.6) is 0 Å². The average molecular weight is 390 g/mol. The van der Waals surface area contributed by atoms with Gasteiger partial charge in [0, 0.05) is 23.8 Å². The van der Waals surface area contributed by atoms with Gasteiger partial charge < -0.3 is 14.5 Å². The van der Waals surface area contributed by atoms with E-state index >= 15 is 0 Å². The van der Waals surface area contributed by atoms with E-state index in [0.717, 1.165) is 5.57 Å². The van der Waals surface area contributed by atoms with Gasteiger partial charge in [-0.25, -0.2) is 4.79 Å². The monoisotopic (exact) mass is 389 g/mol. The first kappa shape index (κ1) is 16.5. The fourth-order valence-corrected chi connectivity index (χ4v) is 2.97. The molecule has 0 fully saturated rings. The standard InChI is InChI=1S/C18H16BrNO4/c1-11-2-5-13-14(9-20-15(13)8-11)16(21)10-23-18(22)7-4-12-3-6-17(19)24-12/h2-9,13,15,20H,10H2,1H3/b7-4+. The third kappa shape index (κ3) is 3.76. The van der Waals surface area contributed by atoms with Gasteiger partial charge in [-0.15, -0.1) is 0 Å². The fourth-order valence-electron chi connectivity index (χ4n) is 2.65. The van der Waals surface area contributed by atoms with Crippen molar-refractivity contribution in [1.29, 1.82) is 0 Å². The van der Waals surface area contributed by atoms with Crippen LogP contribution in [-0.2, 0) is 14.3 Å². The smallest absolute Gasteiger partial charge is 0.331 e. The maximum absolute atomic E-state index is 12.3. The van der Waals surface area contributed by atoms with E-state index in [2.05, 4.69) is 27.3 Å². The summed E-state index contributed by atoms with van der Waals surface area (Å²) < 4.78 is 10.8. The van der Waals surface area contributed by atoms with Crippen LogP contribution in [0.1, 0.15) is 12.7 Å². The predicted octanol–water partition coefficient (Wildman–Crippen LogP) is 3.16. The van der Waals surface area contributed by atoms with Crippen LogP contribution in [-0.4, -0.2) is 24.4 Å². The zero-order chi connectivity index (χ0) is 17.1. The van der Waals surface area contributed by atoms with E-state index in [4.69, 9.17) is 9.15 Å². The Balaban J connectivity index is 1.52. The van der Waals surface area contributed by atoms with Crippen molar-refractivity contribution in [1.82, 2.24) is 5.32 Å². The topological polar surface area (TPSA) is 68.5 Å². The highest BCUT2D eigenvalue weighted by Crippen LogP contribution is 2.28. The van der Waals surface area contributed by atoms with E-state index in [1.54, 1.807) is 18.3 Å². The second kappa shape index (κ2) is 7.05. The molecule has 1 aliphatic heterocycles. The molecule has 24 heavy (non-hydrogen) atoms. The number of halogens is 1. The molecule has 0 spiro atoms. The van der Waals surface area contributed by atoms with Crippen LogP contribution in [0.25, 0.3) is 6.08 Å². The molecule has 0 amide bonds. The molecular weight excluding hydrogens is 374 g/mol. The highest BCUT2D eigenvalue weighted by atomic mass is 79.9. The Morgan fingerprint density at radius 1 is 1.42 bits per heavy atom. The quantitative estimate of drug-likeness (QED) is 0.618. The number of carbonyl (C=O) groups excluding carboxylic acids is 2. The summed E-state index contributed by atoms with van der Waals surface area (Å²) in [4.78, 5) is 24.0. The van der Waals surface area contributed by atoms with Gasteiger partial charge >= 0.3 is 5.97 Å². The summed E-state index contributed by atoms with van der Waals surface area (Å²) >= 11 is 3.18. The second-order valence-electron chi connectivity index (χ2n) is 5.59. The zero-order valence-corrected chi connectivity index (χ0v) is 14.6. The first-order valence-electron chi connectivity index (χ1n) is 7.49. The molecule has 0 bridgehead atoms. The molecule has 1 aromatic rings. The van der Waals surface area contributed by atoms with Crippen LogP contribution in [0.15, 0.2) is 62.9 Å². The summed E-state index contributed by atoms with van der Waals surface area (Å²) in [6.07, 6.45) is 10.5. The van der Waals surface area contributed by atoms with Gasteiger partial charge in [-0.3, -0.25) is 4.79 Å². The van der Waals surface area contributed by atoms with Crippen molar-refractivity contribution < 1.29 is 18.7 Å². The summed E-state index contributed by atoms with van der Waals surface area (Å²) in [5.74, 6) is -0.273. The minimum absolute atomic E-state index is 0.00378. The summed E-state index contributed by atoms with van der Waals surface area (Å²) in [7, 11) is 0. The summed E-state index contributed by atoms with van der Waals surface area (Å²) in [6.45, 7) is 1.73. The minimum atomic E-state index is -0.589. The lowest BCUT2D eigenvalue weighted by molar-refractivity contribution is -0.142. The van der Waals surface area contributed by atoms with Gasteiger partial charge in [0.05, 0.1) is 6.04 Å². The Hall–Kier alpha value is -2.34. The van der Waals surface area contributed by atoms with Crippen LogP contribution >= 0.6 is 15.9 Å². The molecule has 1 aliphatic carbocycles. The van der Waals surface area contributed by atoms with E-state index in [9.17, 15) is 9.59 Å². The van der Waals surface area contributed by atoms with Gasteiger partial charge in [0.15, 0.2) is 17.1 Å². The van der Waals surface area contributed by atoms with Gasteiger partial charge in [-0.1, -0.05) is 23.8 Å². The zero-order valence-electron chi connectivity index (χ0n) is 13.0. The Bertz CT molecular complexity index is 785. The SMILES string of the molecule is CC1=CC2NC=C(C(=O)COC(=O)/C=C/c3ccc(Br)o3)C2C=C1. The largest absolute Gasteiger partial charge is 0.454 e. The number of furan rings is 1. The van der Waals surface area contributed by atoms with Crippen molar-refractivity contribution in [3.05, 3.63) is 64.2 Å². The third-order valence-electron chi connectivity index (χ3n) is 3.83. The van der Waals surface area contributed by atoms with E-state index in [1.165, 1.54) is 12.2 Å². The van der Waals surface area contributed by atoms with Crippen LogP contribution < -0.4 is 5.32 Å². The lowest BCUT2D eigenvalue weighted by atomic mass is 9.87. The minimum Gasteiger partial charge on any atom is -0.454 e. The number of Topliss-reactive ketones (excluding diaryl/α,β-unsaturated/α-hetero) is 1. The Kier molecular flexibility index (Phi) is 4.85. The molecule has 0 saturated heterocycles. The molecule has 0 saturated carbocycles. The van der Waals surface area contributed by atoms with E-state index in [-0.39, 0.29) is 24.3 Å². The highest BCUT2D eigenvalue weighted by molar-refractivity contribution is 9.10. The number of allylic oxidation sites excluding steroid dienone is 2. The Morgan fingerprint density at radius 2 is 2.25 bits per heavy atom. The predicted molar refractivity (Wildman–Crippen MR) is 92.8 cm³/mol.